The molecule has 1 aliphatic carbocycles. The molecule has 3 aromatic rings. The van der Waals surface area contributed by atoms with E-state index in [4.69, 9.17) is 5.11 Å². The Labute approximate surface area is 200 Å². The van der Waals surface area contributed by atoms with Crippen molar-refractivity contribution in [2.24, 2.45) is 7.05 Å². The van der Waals surface area contributed by atoms with Gasteiger partial charge in [-0.2, -0.15) is 31.4 Å². The number of carboxylic acid groups (broad SMARTS) is 1. The molecular weight excluding hydrogens is 492 g/mol. The highest BCUT2D eigenvalue weighted by molar-refractivity contribution is 5.97. The molecule has 0 bridgehead atoms. The molecule has 190 valence electrons. The van der Waals surface area contributed by atoms with Crippen molar-refractivity contribution in [2.45, 2.75) is 37.2 Å². The summed E-state index contributed by atoms with van der Waals surface area (Å²) in [5.74, 6) is -2.18. The van der Waals surface area contributed by atoms with Gasteiger partial charge in [0.25, 0.3) is 5.91 Å². The summed E-state index contributed by atoms with van der Waals surface area (Å²) in [4.78, 5) is 24.3. The highest BCUT2D eigenvalue weighted by Crippen LogP contribution is 2.46. The second kappa shape index (κ2) is 8.68. The molecule has 0 aliphatic heterocycles. The number of carbonyl (C=O) groups excluding carboxylic acids is 1. The quantitative estimate of drug-likeness (QED) is 0.448. The smallest absolute Gasteiger partial charge is 0.433 e. The molecule has 1 aromatic heterocycles. The monoisotopic (exact) mass is 511 g/mol. The Hall–Kier alpha value is -3.83. The van der Waals surface area contributed by atoms with E-state index in [2.05, 4.69) is 10.4 Å². The predicted octanol–water partition coefficient (Wildman–Crippen LogP) is 5.17. The number of aromatic nitrogens is 2. The number of nitrogens with zero attached hydrogens (tertiary/aromatic N) is 2. The van der Waals surface area contributed by atoms with Gasteiger partial charge in [-0.15, -0.1) is 0 Å². The van der Waals surface area contributed by atoms with Crippen molar-refractivity contribution in [1.29, 1.82) is 0 Å². The van der Waals surface area contributed by atoms with Crippen molar-refractivity contribution in [3.8, 4) is 0 Å². The largest absolute Gasteiger partial charge is 0.478 e. The lowest BCUT2D eigenvalue weighted by atomic mass is 10.00. The summed E-state index contributed by atoms with van der Waals surface area (Å²) in [6.07, 6.45) is -8.93. The summed E-state index contributed by atoms with van der Waals surface area (Å²) in [6, 6.07) is 9.53. The molecule has 1 amide bonds. The van der Waals surface area contributed by atoms with Crippen LogP contribution in [0, 0.1) is 0 Å². The maximum Gasteiger partial charge on any atom is 0.433 e. The fraction of sp³-hybridized carbons (Fsp3) is 0.292. The number of benzene rings is 2. The number of carboxylic acids is 1. The third kappa shape index (κ3) is 4.93. The number of nitrogens with one attached hydrogen (secondary N) is 1. The third-order valence-corrected chi connectivity index (χ3v) is 6.06. The van der Waals surface area contributed by atoms with Gasteiger partial charge in [-0.1, -0.05) is 24.3 Å². The zero-order valence-electron chi connectivity index (χ0n) is 18.7. The lowest BCUT2D eigenvalue weighted by Crippen LogP contribution is -2.36. The summed E-state index contributed by atoms with van der Waals surface area (Å²) in [5.41, 5.74) is -3.29. The second-order valence-electron chi connectivity index (χ2n) is 8.58. The lowest BCUT2D eigenvalue weighted by molar-refractivity contribution is -0.144. The van der Waals surface area contributed by atoms with Crippen LogP contribution in [0.4, 0.5) is 26.3 Å². The molecule has 12 heteroatoms. The van der Waals surface area contributed by atoms with Gasteiger partial charge in [0.2, 0.25) is 0 Å². The molecule has 0 unspecified atom stereocenters. The Balaban J connectivity index is 1.67. The van der Waals surface area contributed by atoms with E-state index < -0.39 is 46.6 Å². The number of alkyl halides is 6. The lowest BCUT2D eigenvalue weighted by Gasteiger charge is -2.19. The van der Waals surface area contributed by atoms with E-state index in [1.54, 1.807) is 0 Å². The van der Waals surface area contributed by atoms with Crippen molar-refractivity contribution >= 4 is 11.9 Å². The first-order valence-electron chi connectivity index (χ1n) is 10.7. The standard InChI is InChI=1S/C24H19F6N3O3/c1-33-19(24(28,29)30)18(17(32-33)12-13-2-6-16(7-3-13)23(25,26)27)20(34)31-22(10-11-22)15-8-4-14(5-9-15)21(35)36/h2-9H,10-12H2,1H3,(H,31,34)(H,35,36). The highest BCUT2D eigenvalue weighted by atomic mass is 19.4. The minimum absolute atomic E-state index is 0.0197. The van der Waals surface area contributed by atoms with E-state index in [0.29, 0.717) is 23.1 Å². The molecule has 1 heterocycles. The Bertz CT molecular complexity index is 1310. The van der Waals surface area contributed by atoms with E-state index in [0.717, 1.165) is 31.3 Å². The van der Waals surface area contributed by atoms with Crippen LogP contribution in [0.5, 0.6) is 0 Å². The molecule has 2 N–H and O–H groups in total. The predicted molar refractivity (Wildman–Crippen MR) is 114 cm³/mol. The minimum Gasteiger partial charge on any atom is -0.478 e. The van der Waals surface area contributed by atoms with Crippen LogP contribution in [-0.2, 0) is 31.4 Å². The van der Waals surface area contributed by atoms with Crippen LogP contribution >= 0.6 is 0 Å². The van der Waals surface area contributed by atoms with Crippen LogP contribution in [0.1, 0.15) is 61.6 Å². The molecule has 0 radical (unpaired) electrons. The zero-order chi connectivity index (χ0) is 26.5. The van der Waals surface area contributed by atoms with Crippen LogP contribution in [-0.4, -0.2) is 26.8 Å². The van der Waals surface area contributed by atoms with Crippen LogP contribution in [0.2, 0.25) is 0 Å². The first-order valence-corrected chi connectivity index (χ1v) is 10.7. The van der Waals surface area contributed by atoms with Crippen molar-refractivity contribution in [2.75, 3.05) is 0 Å². The second-order valence-corrected chi connectivity index (χ2v) is 8.58. The first-order chi connectivity index (χ1) is 16.7. The number of rotatable bonds is 6. The average Bonchev–Trinajstić information content (AvgIpc) is 3.48. The molecule has 36 heavy (non-hydrogen) atoms. The Morgan fingerprint density at radius 1 is 0.972 bits per heavy atom. The normalized spacial score (nSPS) is 15.0. The summed E-state index contributed by atoms with van der Waals surface area (Å²) < 4.78 is 80.7. The fourth-order valence-electron chi connectivity index (χ4n) is 4.09. The van der Waals surface area contributed by atoms with Gasteiger partial charge in [0.05, 0.1) is 27.9 Å². The molecule has 0 spiro atoms. The molecule has 6 nitrogen and oxygen atoms in total. The van der Waals surface area contributed by atoms with Gasteiger partial charge >= 0.3 is 18.3 Å². The average molecular weight is 511 g/mol. The number of aryl methyl sites for hydroxylation is 1. The first kappa shape index (κ1) is 25.3. The van der Waals surface area contributed by atoms with E-state index in [-0.39, 0.29) is 23.2 Å². The zero-order valence-corrected chi connectivity index (χ0v) is 18.7. The van der Waals surface area contributed by atoms with Crippen LogP contribution in [0.15, 0.2) is 48.5 Å². The molecule has 1 aliphatic rings. The summed E-state index contributed by atoms with van der Waals surface area (Å²) in [5, 5.41) is 15.6. The maximum absolute atomic E-state index is 13.9. The third-order valence-electron chi connectivity index (χ3n) is 6.06. The number of hydrogen-bond acceptors (Lipinski definition) is 3. The topological polar surface area (TPSA) is 84.2 Å². The van der Waals surface area contributed by atoms with Gasteiger partial charge in [-0.25, -0.2) is 4.79 Å². The van der Waals surface area contributed by atoms with Crippen molar-refractivity contribution in [1.82, 2.24) is 15.1 Å². The highest BCUT2D eigenvalue weighted by Gasteiger charge is 2.48. The number of halogens is 6. The molecule has 1 fully saturated rings. The van der Waals surface area contributed by atoms with Gasteiger partial charge < -0.3 is 10.4 Å². The Morgan fingerprint density at radius 2 is 1.56 bits per heavy atom. The summed E-state index contributed by atoms with van der Waals surface area (Å²) in [7, 11) is 1.04. The minimum atomic E-state index is -4.92. The number of amides is 1. The maximum atomic E-state index is 13.9. The van der Waals surface area contributed by atoms with Gasteiger partial charge in [-0.05, 0) is 48.2 Å². The van der Waals surface area contributed by atoms with Crippen LogP contribution < -0.4 is 5.32 Å². The summed E-state index contributed by atoms with van der Waals surface area (Å²) in [6.45, 7) is 0. The molecule has 0 saturated heterocycles. The molecule has 1 saturated carbocycles. The van der Waals surface area contributed by atoms with Crippen LogP contribution in [0.3, 0.4) is 0 Å². The molecule has 0 atom stereocenters. The SMILES string of the molecule is Cn1nc(Cc2ccc(C(F)(F)F)cc2)c(C(=O)NC2(c3ccc(C(=O)O)cc3)CC2)c1C(F)(F)F. The Kier molecular flexibility index (Phi) is 6.09. The van der Waals surface area contributed by atoms with Gasteiger partial charge in [0, 0.05) is 13.5 Å². The van der Waals surface area contributed by atoms with E-state index >= 15 is 0 Å². The van der Waals surface area contributed by atoms with Crippen molar-refractivity contribution in [3.05, 3.63) is 87.7 Å². The fourth-order valence-corrected chi connectivity index (χ4v) is 4.09. The van der Waals surface area contributed by atoms with Crippen molar-refractivity contribution < 1.29 is 41.0 Å². The Morgan fingerprint density at radius 3 is 2.03 bits per heavy atom. The van der Waals surface area contributed by atoms with Gasteiger partial charge in [0.15, 0.2) is 5.69 Å². The number of carbonyl (C=O) groups is 2. The number of hydrogen-bond donors (Lipinski definition) is 2. The van der Waals surface area contributed by atoms with Gasteiger partial charge in [0.1, 0.15) is 0 Å². The van der Waals surface area contributed by atoms with E-state index in [9.17, 15) is 35.9 Å². The van der Waals surface area contributed by atoms with Gasteiger partial charge in [-0.3, -0.25) is 9.48 Å². The molecule has 2 aromatic carbocycles. The number of aromatic carboxylic acids is 1. The summed E-state index contributed by atoms with van der Waals surface area (Å²) >= 11 is 0. The van der Waals surface area contributed by atoms with E-state index in [1.165, 1.54) is 24.3 Å². The molecule has 4 rings (SSSR count). The van der Waals surface area contributed by atoms with Crippen LogP contribution in [0.25, 0.3) is 0 Å². The van der Waals surface area contributed by atoms with E-state index in [1.807, 2.05) is 0 Å². The molecular formula is C24H19F6N3O3. The van der Waals surface area contributed by atoms with Crippen molar-refractivity contribution in [3.63, 3.8) is 0 Å².